The molecule has 14 heavy (non-hydrogen) atoms. The zero-order valence-corrected chi connectivity index (χ0v) is 8.34. The van der Waals surface area contributed by atoms with E-state index in [2.05, 4.69) is 4.99 Å². The predicted octanol–water partition coefficient (Wildman–Crippen LogP) is 3.50. The summed E-state index contributed by atoms with van der Waals surface area (Å²) in [6, 6.07) is 7.86. The van der Waals surface area contributed by atoms with Gasteiger partial charge in [0, 0.05) is 17.7 Å². The van der Waals surface area contributed by atoms with E-state index in [1.165, 1.54) is 5.56 Å². The Balaban J connectivity index is 2.35. The number of benzene rings is 1. The maximum atomic E-state index is 13.3. The Morgan fingerprint density at radius 2 is 1.79 bits per heavy atom. The molecule has 2 heteroatoms. The predicted molar refractivity (Wildman–Crippen MR) is 56.9 cm³/mol. The van der Waals surface area contributed by atoms with E-state index in [0.29, 0.717) is 12.0 Å². The van der Waals surface area contributed by atoms with Gasteiger partial charge in [0.05, 0.1) is 0 Å². The first-order valence-electron chi connectivity index (χ1n) is 4.66. The van der Waals surface area contributed by atoms with Crippen LogP contribution in [0.3, 0.4) is 0 Å². The van der Waals surface area contributed by atoms with Gasteiger partial charge >= 0.3 is 0 Å². The van der Waals surface area contributed by atoms with Crippen molar-refractivity contribution in [3.05, 3.63) is 41.3 Å². The summed E-state index contributed by atoms with van der Waals surface area (Å²) in [5.41, 5.74) is 3.68. The van der Waals surface area contributed by atoms with Crippen molar-refractivity contribution in [1.29, 1.82) is 0 Å². The molecule has 0 saturated carbocycles. The molecule has 0 atom stereocenters. The van der Waals surface area contributed by atoms with Gasteiger partial charge in [0.25, 0.3) is 0 Å². The van der Waals surface area contributed by atoms with Crippen molar-refractivity contribution in [1.82, 2.24) is 0 Å². The van der Waals surface area contributed by atoms with Crippen LogP contribution in [0.25, 0.3) is 5.57 Å². The van der Waals surface area contributed by atoms with Crippen LogP contribution in [0.15, 0.2) is 35.2 Å². The van der Waals surface area contributed by atoms with E-state index in [4.69, 9.17) is 0 Å². The minimum atomic E-state index is -0.327. The molecule has 0 spiro atoms. The molecule has 0 saturated heterocycles. The summed E-state index contributed by atoms with van der Waals surface area (Å²) in [4.78, 5) is 3.80. The zero-order chi connectivity index (χ0) is 10.1. The van der Waals surface area contributed by atoms with E-state index < -0.39 is 0 Å². The van der Waals surface area contributed by atoms with Crippen molar-refractivity contribution in [3.63, 3.8) is 0 Å². The molecule has 0 fully saturated rings. The third-order valence-corrected chi connectivity index (χ3v) is 2.37. The van der Waals surface area contributed by atoms with Crippen LogP contribution in [0, 0.1) is 6.92 Å². The molecule has 0 amide bonds. The second-order valence-electron chi connectivity index (χ2n) is 3.66. The van der Waals surface area contributed by atoms with Crippen molar-refractivity contribution in [2.24, 2.45) is 4.99 Å². The quantitative estimate of drug-likeness (QED) is 0.599. The Bertz CT molecular complexity index is 412. The minimum Gasteiger partial charge on any atom is -0.229 e. The van der Waals surface area contributed by atoms with Gasteiger partial charge in [-0.25, -0.2) is 4.99 Å². The highest BCUT2D eigenvalue weighted by Crippen LogP contribution is 2.29. The number of rotatable bonds is 1. The Labute approximate surface area is 83.0 Å². The maximum Gasteiger partial charge on any atom is 0.216 e. The molecule has 2 rings (SSSR count). The van der Waals surface area contributed by atoms with Crippen LogP contribution in [0.2, 0.25) is 0 Å². The highest BCUT2D eigenvalue weighted by molar-refractivity contribution is 5.97. The lowest BCUT2D eigenvalue weighted by Gasteiger charge is -2.02. The Morgan fingerprint density at radius 3 is 2.29 bits per heavy atom. The average Bonchev–Trinajstić information content (AvgIpc) is 2.47. The monoisotopic (exact) mass is 189 g/mol. The number of halogens is 1. The smallest absolute Gasteiger partial charge is 0.216 e. The van der Waals surface area contributed by atoms with Gasteiger partial charge in [0.15, 0.2) is 0 Å². The summed E-state index contributed by atoms with van der Waals surface area (Å²) in [5.74, 6) is -0.327. The van der Waals surface area contributed by atoms with Crippen molar-refractivity contribution >= 4 is 11.3 Å². The van der Waals surface area contributed by atoms with E-state index in [1.54, 1.807) is 0 Å². The molecule has 1 aliphatic rings. The fraction of sp³-hybridized carbons (Fsp3) is 0.250. The number of aliphatic imine (C=N–C) groups is 1. The average molecular weight is 189 g/mol. The highest BCUT2D eigenvalue weighted by atomic mass is 19.1. The summed E-state index contributed by atoms with van der Waals surface area (Å²) < 4.78 is 13.3. The largest absolute Gasteiger partial charge is 0.229 e. The van der Waals surface area contributed by atoms with E-state index in [9.17, 15) is 4.39 Å². The van der Waals surface area contributed by atoms with Crippen LogP contribution < -0.4 is 0 Å². The van der Waals surface area contributed by atoms with Crippen LogP contribution in [0.5, 0.6) is 0 Å². The number of hydrogen-bond donors (Lipinski definition) is 0. The standard InChI is InChI=1S/C12H12FN/c1-8-3-5-10(6-4-8)11-7-9(2)14-12(11)13/h3-6H,7H2,1-2H3. The first-order chi connectivity index (χ1) is 6.66. The number of aryl methyl sites for hydroxylation is 1. The molecule has 72 valence electrons. The van der Waals surface area contributed by atoms with Gasteiger partial charge in [-0.2, -0.15) is 4.39 Å². The third-order valence-electron chi connectivity index (χ3n) is 2.37. The summed E-state index contributed by atoms with van der Waals surface area (Å²) >= 11 is 0. The Hall–Kier alpha value is -1.44. The van der Waals surface area contributed by atoms with E-state index in [1.807, 2.05) is 38.1 Å². The molecule has 1 aromatic carbocycles. The molecule has 1 aromatic rings. The van der Waals surface area contributed by atoms with Gasteiger partial charge in [0.2, 0.25) is 5.95 Å². The van der Waals surface area contributed by atoms with Gasteiger partial charge in [0.1, 0.15) is 0 Å². The van der Waals surface area contributed by atoms with E-state index >= 15 is 0 Å². The summed E-state index contributed by atoms with van der Waals surface area (Å²) in [6.45, 7) is 3.87. The second kappa shape index (κ2) is 3.37. The number of nitrogens with zero attached hydrogens (tertiary/aromatic N) is 1. The van der Waals surface area contributed by atoms with E-state index in [-0.39, 0.29) is 5.95 Å². The van der Waals surface area contributed by atoms with Gasteiger partial charge < -0.3 is 0 Å². The van der Waals surface area contributed by atoms with Crippen LogP contribution in [0.4, 0.5) is 4.39 Å². The van der Waals surface area contributed by atoms with Gasteiger partial charge in [-0.3, -0.25) is 0 Å². The van der Waals surface area contributed by atoms with Crippen LogP contribution in [0.1, 0.15) is 24.5 Å². The molecule has 1 nitrogen and oxygen atoms in total. The molecule has 0 radical (unpaired) electrons. The van der Waals surface area contributed by atoms with Crippen molar-refractivity contribution in [2.75, 3.05) is 0 Å². The molecule has 0 bridgehead atoms. The van der Waals surface area contributed by atoms with Crippen molar-refractivity contribution in [2.45, 2.75) is 20.3 Å². The third kappa shape index (κ3) is 1.60. The molecule has 0 aliphatic carbocycles. The molecule has 1 heterocycles. The minimum absolute atomic E-state index is 0.327. The highest BCUT2D eigenvalue weighted by Gasteiger charge is 2.16. The first-order valence-corrected chi connectivity index (χ1v) is 4.66. The lowest BCUT2D eigenvalue weighted by atomic mass is 10.0. The van der Waals surface area contributed by atoms with Gasteiger partial charge in [-0.1, -0.05) is 29.8 Å². The van der Waals surface area contributed by atoms with Crippen LogP contribution >= 0.6 is 0 Å². The molecule has 0 aromatic heterocycles. The van der Waals surface area contributed by atoms with Crippen LogP contribution in [-0.4, -0.2) is 5.71 Å². The topological polar surface area (TPSA) is 12.4 Å². The summed E-state index contributed by atoms with van der Waals surface area (Å²) in [7, 11) is 0. The molecular formula is C12H12FN. The molecule has 1 aliphatic heterocycles. The van der Waals surface area contributed by atoms with E-state index in [0.717, 1.165) is 11.3 Å². The number of hydrogen-bond acceptors (Lipinski definition) is 1. The van der Waals surface area contributed by atoms with Crippen LogP contribution in [-0.2, 0) is 0 Å². The summed E-state index contributed by atoms with van der Waals surface area (Å²) in [6.07, 6.45) is 0.634. The van der Waals surface area contributed by atoms with Crippen molar-refractivity contribution < 1.29 is 4.39 Å². The fourth-order valence-electron chi connectivity index (χ4n) is 1.58. The summed E-state index contributed by atoms with van der Waals surface area (Å²) in [5, 5.41) is 0. The zero-order valence-electron chi connectivity index (χ0n) is 8.34. The van der Waals surface area contributed by atoms with Gasteiger partial charge in [-0.05, 0) is 19.4 Å². The Morgan fingerprint density at radius 1 is 1.14 bits per heavy atom. The second-order valence-corrected chi connectivity index (χ2v) is 3.66. The number of allylic oxidation sites excluding steroid dienone is 1. The fourth-order valence-corrected chi connectivity index (χ4v) is 1.58. The molecular weight excluding hydrogens is 177 g/mol. The SMILES string of the molecule is CC1=NC(F)=C(c2ccc(C)cc2)C1. The normalized spacial score (nSPS) is 16.1. The van der Waals surface area contributed by atoms with Gasteiger partial charge in [-0.15, -0.1) is 0 Å². The molecule has 0 unspecified atom stereocenters. The van der Waals surface area contributed by atoms with Crippen molar-refractivity contribution in [3.8, 4) is 0 Å². The Kier molecular flexibility index (Phi) is 2.20. The lowest BCUT2D eigenvalue weighted by molar-refractivity contribution is 0.635. The first kappa shape index (κ1) is 9.13. The lowest BCUT2D eigenvalue weighted by Crippen LogP contribution is -1.88. The molecule has 0 N–H and O–H groups in total. The maximum absolute atomic E-state index is 13.3.